The third-order valence-corrected chi connectivity index (χ3v) is 4.67. The molecule has 2 heterocycles. The molecule has 0 spiro atoms. The van der Waals surface area contributed by atoms with Gasteiger partial charge in [0, 0.05) is 13.0 Å². The van der Waals surface area contributed by atoms with Gasteiger partial charge in [-0.15, -0.1) is 10.2 Å². The second-order valence-corrected chi connectivity index (χ2v) is 6.53. The van der Waals surface area contributed by atoms with Crippen molar-refractivity contribution in [2.75, 3.05) is 13.7 Å². The summed E-state index contributed by atoms with van der Waals surface area (Å²) in [6.07, 6.45) is 1.61. The topological polar surface area (TPSA) is 85.5 Å². The van der Waals surface area contributed by atoms with E-state index in [0.29, 0.717) is 48.7 Å². The molecule has 1 aromatic heterocycles. The van der Waals surface area contributed by atoms with Gasteiger partial charge in [0.05, 0.1) is 24.7 Å². The van der Waals surface area contributed by atoms with Crippen molar-refractivity contribution in [1.82, 2.24) is 15.1 Å². The van der Waals surface area contributed by atoms with Crippen molar-refractivity contribution in [3.8, 4) is 5.75 Å². The fraction of sp³-hybridized carbons (Fsp3) is 0.238. The number of benzene rings is 2. The fourth-order valence-corrected chi connectivity index (χ4v) is 3.21. The Kier molecular flexibility index (Phi) is 4.89. The van der Waals surface area contributed by atoms with Crippen LogP contribution in [0, 0.1) is 0 Å². The van der Waals surface area contributed by atoms with Crippen LogP contribution in [0.15, 0.2) is 52.9 Å². The van der Waals surface area contributed by atoms with E-state index in [1.54, 1.807) is 31.4 Å². The number of amides is 2. The molecule has 0 saturated heterocycles. The summed E-state index contributed by atoms with van der Waals surface area (Å²) in [5.74, 6) is 1.33. The van der Waals surface area contributed by atoms with E-state index in [-0.39, 0.29) is 11.8 Å². The Balaban J connectivity index is 1.31. The van der Waals surface area contributed by atoms with Crippen molar-refractivity contribution in [2.24, 2.45) is 0 Å². The first-order valence-electron chi connectivity index (χ1n) is 9.05. The normalized spacial score (nSPS) is 13.1. The Labute approximate surface area is 161 Å². The molecule has 1 aliphatic heterocycles. The van der Waals surface area contributed by atoms with Gasteiger partial charge >= 0.3 is 0 Å². The van der Waals surface area contributed by atoms with Crippen molar-refractivity contribution in [3.63, 3.8) is 0 Å². The molecule has 28 heavy (non-hydrogen) atoms. The average molecular weight is 377 g/mol. The Morgan fingerprint density at radius 1 is 0.929 bits per heavy atom. The van der Waals surface area contributed by atoms with E-state index in [0.717, 1.165) is 11.3 Å². The number of hydrogen-bond acceptors (Lipinski definition) is 6. The van der Waals surface area contributed by atoms with Crippen LogP contribution in [0.2, 0.25) is 0 Å². The van der Waals surface area contributed by atoms with Gasteiger partial charge in [-0.1, -0.05) is 24.3 Å². The highest BCUT2D eigenvalue weighted by molar-refractivity contribution is 6.21. The maximum Gasteiger partial charge on any atom is 0.261 e. The molecule has 0 saturated carbocycles. The first kappa shape index (κ1) is 17.9. The Morgan fingerprint density at radius 3 is 2.21 bits per heavy atom. The van der Waals surface area contributed by atoms with E-state index in [2.05, 4.69) is 10.2 Å². The van der Waals surface area contributed by atoms with Crippen LogP contribution in [0.1, 0.15) is 44.5 Å². The number of imide groups is 1. The van der Waals surface area contributed by atoms with Crippen LogP contribution in [-0.4, -0.2) is 40.6 Å². The zero-order chi connectivity index (χ0) is 19.5. The number of hydrogen-bond donors (Lipinski definition) is 0. The van der Waals surface area contributed by atoms with Crippen LogP contribution >= 0.6 is 0 Å². The lowest BCUT2D eigenvalue weighted by Gasteiger charge is -2.12. The molecule has 0 atom stereocenters. The summed E-state index contributed by atoms with van der Waals surface area (Å²) < 4.78 is 10.8. The highest BCUT2D eigenvalue weighted by Gasteiger charge is 2.34. The van der Waals surface area contributed by atoms with Crippen LogP contribution < -0.4 is 4.74 Å². The summed E-state index contributed by atoms with van der Waals surface area (Å²) >= 11 is 0. The lowest BCUT2D eigenvalue weighted by molar-refractivity contribution is 0.0651. The minimum atomic E-state index is -0.244. The van der Waals surface area contributed by atoms with E-state index in [9.17, 15) is 9.59 Å². The molecule has 0 fully saturated rings. The largest absolute Gasteiger partial charge is 0.497 e. The molecule has 4 rings (SSSR count). The number of ether oxygens (including phenoxy) is 1. The molecule has 2 aromatic carbocycles. The SMILES string of the molecule is COc1ccc(Cc2nnc(CCCN3C(=O)c4ccccc4C3=O)o2)cc1. The first-order chi connectivity index (χ1) is 13.7. The predicted molar refractivity (Wildman–Crippen MR) is 100 cm³/mol. The molecule has 0 radical (unpaired) electrons. The van der Waals surface area contributed by atoms with Gasteiger partial charge in [-0.25, -0.2) is 0 Å². The smallest absolute Gasteiger partial charge is 0.261 e. The van der Waals surface area contributed by atoms with Gasteiger partial charge in [-0.3, -0.25) is 14.5 Å². The molecule has 7 nitrogen and oxygen atoms in total. The summed E-state index contributed by atoms with van der Waals surface area (Å²) in [5.41, 5.74) is 1.97. The maximum atomic E-state index is 12.3. The number of methoxy groups -OCH3 is 1. The zero-order valence-electron chi connectivity index (χ0n) is 15.4. The number of aryl methyl sites for hydroxylation is 1. The van der Waals surface area contributed by atoms with E-state index in [1.807, 2.05) is 24.3 Å². The van der Waals surface area contributed by atoms with Gasteiger partial charge in [0.2, 0.25) is 11.8 Å². The monoisotopic (exact) mass is 377 g/mol. The van der Waals surface area contributed by atoms with Crippen LogP contribution in [0.5, 0.6) is 5.75 Å². The number of carbonyl (C=O) groups is 2. The van der Waals surface area contributed by atoms with Crippen LogP contribution in [0.25, 0.3) is 0 Å². The van der Waals surface area contributed by atoms with Gasteiger partial charge in [-0.2, -0.15) is 0 Å². The van der Waals surface area contributed by atoms with Crippen molar-refractivity contribution in [2.45, 2.75) is 19.3 Å². The quantitative estimate of drug-likeness (QED) is 0.589. The summed E-state index contributed by atoms with van der Waals surface area (Å²) in [4.78, 5) is 26.0. The fourth-order valence-electron chi connectivity index (χ4n) is 3.21. The lowest BCUT2D eigenvalue weighted by atomic mass is 10.1. The van der Waals surface area contributed by atoms with E-state index in [4.69, 9.17) is 9.15 Å². The van der Waals surface area contributed by atoms with Gasteiger partial charge in [-0.05, 0) is 36.2 Å². The van der Waals surface area contributed by atoms with E-state index in [1.165, 1.54) is 4.90 Å². The number of nitrogens with zero attached hydrogens (tertiary/aromatic N) is 3. The minimum absolute atomic E-state index is 0.244. The molecular weight excluding hydrogens is 358 g/mol. The minimum Gasteiger partial charge on any atom is -0.497 e. The summed E-state index contributed by atoms with van der Waals surface area (Å²) in [6, 6.07) is 14.5. The third-order valence-electron chi connectivity index (χ3n) is 4.67. The molecule has 3 aromatic rings. The molecule has 1 aliphatic rings. The number of rotatable bonds is 7. The van der Waals surface area contributed by atoms with Crippen molar-refractivity contribution in [1.29, 1.82) is 0 Å². The Morgan fingerprint density at radius 2 is 1.57 bits per heavy atom. The predicted octanol–water partition coefficient (Wildman–Crippen LogP) is 2.90. The van der Waals surface area contributed by atoms with Crippen LogP contribution in [-0.2, 0) is 12.8 Å². The van der Waals surface area contributed by atoms with Gasteiger partial charge in [0.25, 0.3) is 11.8 Å². The molecule has 0 bridgehead atoms. The Bertz CT molecular complexity index is 975. The van der Waals surface area contributed by atoms with Crippen LogP contribution in [0.4, 0.5) is 0 Å². The lowest BCUT2D eigenvalue weighted by Crippen LogP contribution is -2.30. The molecular formula is C21H19N3O4. The Hall–Kier alpha value is -3.48. The average Bonchev–Trinajstić information content (AvgIpc) is 3.27. The second-order valence-electron chi connectivity index (χ2n) is 6.53. The molecule has 0 N–H and O–H groups in total. The van der Waals surface area contributed by atoms with Crippen molar-refractivity contribution < 1.29 is 18.7 Å². The zero-order valence-corrected chi connectivity index (χ0v) is 15.4. The molecule has 7 heteroatoms. The van der Waals surface area contributed by atoms with Crippen molar-refractivity contribution >= 4 is 11.8 Å². The molecule has 0 aliphatic carbocycles. The number of aromatic nitrogens is 2. The van der Waals surface area contributed by atoms with Gasteiger partial charge in [0.15, 0.2) is 0 Å². The van der Waals surface area contributed by atoms with Crippen LogP contribution in [0.3, 0.4) is 0 Å². The standard InChI is InChI=1S/C21H19N3O4/c1-27-15-10-8-14(9-11-15)13-19-23-22-18(28-19)7-4-12-24-20(25)16-5-2-3-6-17(16)21(24)26/h2-3,5-6,8-11H,4,7,12-13H2,1H3. The molecule has 142 valence electrons. The van der Waals surface area contributed by atoms with Crippen molar-refractivity contribution in [3.05, 3.63) is 77.0 Å². The summed E-state index contributed by atoms with van der Waals surface area (Å²) in [5, 5.41) is 8.13. The third kappa shape index (κ3) is 3.51. The second kappa shape index (κ2) is 7.64. The maximum absolute atomic E-state index is 12.3. The highest BCUT2D eigenvalue weighted by Crippen LogP contribution is 2.22. The summed E-state index contributed by atoms with van der Waals surface area (Å²) in [7, 11) is 1.63. The highest BCUT2D eigenvalue weighted by atomic mass is 16.5. The number of fused-ring (bicyclic) bond motifs is 1. The van der Waals surface area contributed by atoms with E-state index < -0.39 is 0 Å². The van der Waals surface area contributed by atoms with Gasteiger partial charge < -0.3 is 9.15 Å². The molecule has 2 amide bonds. The first-order valence-corrected chi connectivity index (χ1v) is 9.05. The molecule has 0 unspecified atom stereocenters. The summed E-state index contributed by atoms with van der Waals surface area (Å²) in [6.45, 7) is 0.322. The number of carbonyl (C=O) groups excluding carboxylic acids is 2. The van der Waals surface area contributed by atoms with E-state index >= 15 is 0 Å². The van der Waals surface area contributed by atoms with Gasteiger partial charge in [0.1, 0.15) is 5.75 Å².